The lowest BCUT2D eigenvalue weighted by atomic mass is 9.75. The molecule has 0 amide bonds. The number of methoxy groups -OCH3 is 2. The van der Waals surface area contributed by atoms with E-state index < -0.39 is 23.3 Å². The normalized spacial score (nSPS) is 18.4. The largest absolute Gasteiger partial charge is 0.497 e. The van der Waals surface area contributed by atoms with E-state index in [4.69, 9.17) is 9.47 Å². The molecule has 0 spiro atoms. The van der Waals surface area contributed by atoms with Crippen molar-refractivity contribution < 1.29 is 27.0 Å². The Hall–Kier alpha value is -3.02. The van der Waals surface area contributed by atoms with E-state index in [1.165, 1.54) is 20.3 Å². The molecule has 0 saturated heterocycles. The number of benzene rings is 3. The van der Waals surface area contributed by atoms with Gasteiger partial charge in [0.2, 0.25) is 5.82 Å². The van der Waals surface area contributed by atoms with Crippen LogP contribution < -0.4 is 9.47 Å². The molecule has 0 heterocycles. The van der Waals surface area contributed by atoms with Crippen LogP contribution in [0.25, 0.3) is 11.1 Å². The summed E-state index contributed by atoms with van der Waals surface area (Å²) >= 11 is 0. The van der Waals surface area contributed by atoms with Crippen molar-refractivity contribution in [2.24, 2.45) is 0 Å². The number of hydrogen-bond acceptors (Lipinski definition) is 2. The lowest BCUT2D eigenvalue weighted by molar-refractivity contribution is 0.353. The molecule has 6 heteroatoms. The minimum absolute atomic E-state index is 0.130. The Kier molecular flexibility index (Phi) is 6.40. The Labute approximate surface area is 184 Å². The average Bonchev–Trinajstić information content (AvgIpc) is 2.83. The van der Waals surface area contributed by atoms with Crippen LogP contribution in [-0.2, 0) is 0 Å². The third-order valence-electron chi connectivity index (χ3n) is 6.42. The van der Waals surface area contributed by atoms with E-state index in [-0.39, 0.29) is 23.1 Å². The molecule has 0 radical (unpaired) electrons. The van der Waals surface area contributed by atoms with Crippen LogP contribution in [0.5, 0.6) is 11.5 Å². The third kappa shape index (κ3) is 4.06. The summed E-state index contributed by atoms with van der Waals surface area (Å²) in [6, 6.07) is 13.0. The monoisotopic (exact) mass is 444 g/mol. The van der Waals surface area contributed by atoms with Crippen molar-refractivity contribution in [3.63, 3.8) is 0 Å². The van der Waals surface area contributed by atoms with Crippen molar-refractivity contribution in [1.29, 1.82) is 0 Å². The maximum atomic E-state index is 15.0. The predicted octanol–water partition coefficient (Wildman–Crippen LogP) is 7.37. The van der Waals surface area contributed by atoms with Gasteiger partial charge in [-0.25, -0.2) is 13.2 Å². The van der Waals surface area contributed by atoms with Crippen molar-refractivity contribution >= 4 is 0 Å². The summed E-state index contributed by atoms with van der Waals surface area (Å²) in [4.78, 5) is 0. The first-order valence-corrected chi connectivity index (χ1v) is 10.6. The van der Waals surface area contributed by atoms with E-state index in [2.05, 4.69) is 0 Å². The zero-order chi connectivity index (χ0) is 22.8. The molecule has 32 heavy (non-hydrogen) atoms. The molecule has 1 fully saturated rings. The van der Waals surface area contributed by atoms with Crippen LogP contribution in [0.4, 0.5) is 17.6 Å². The van der Waals surface area contributed by atoms with Gasteiger partial charge >= 0.3 is 0 Å². The molecular weight excluding hydrogens is 420 g/mol. The molecule has 0 aromatic heterocycles. The van der Waals surface area contributed by atoms with Gasteiger partial charge in [0.05, 0.1) is 14.2 Å². The van der Waals surface area contributed by atoms with E-state index >= 15 is 0 Å². The van der Waals surface area contributed by atoms with E-state index in [9.17, 15) is 17.6 Å². The summed E-state index contributed by atoms with van der Waals surface area (Å²) in [6.07, 6.45) is 2.26. The number of ether oxygens (including phenoxy) is 2. The highest BCUT2D eigenvalue weighted by atomic mass is 19.2. The van der Waals surface area contributed by atoms with Crippen molar-refractivity contribution in [3.05, 3.63) is 82.9 Å². The Bertz CT molecular complexity index is 1100. The Morgan fingerprint density at radius 3 is 1.66 bits per heavy atom. The van der Waals surface area contributed by atoms with E-state index in [1.807, 2.05) is 0 Å². The molecule has 0 bridgehead atoms. The fraction of sp³-hybridized carbons (Fsp3) is 0.308. The standard InChI is InChI=1S/C26H24F4O2/c1-31-18-9-7-17(8-10-18)20-12-11-19(23(27)24(20)28)15-3-5-16(6-4-15)21-13-14-22(32-2)26(30)25(21)29/h7-16H,3-6H2,1-2H3. The molecular formula is C26H24F4O2. The summed E-state index contributed by atoms with van der Waals surface area (Å²) in [7, 11) is 2.83. The SMILES string of the molecule is COc1ccc(-c2ccc(C3CCC(c4ccc(OC)c(F)c4F)CC3)c(F)c2F)cc1. The second-order valence-electron chi connectivity index (χ2n) is 8.09. The van der Waals surface area contributed by atoms with Gasteiger partial charge in [-0.2, -0.15) is 4.39 Å². The molecule has 0 N–H and O–H groups in total. The maximum absolute atomic E-state index is 15.0. The minimum atomic E-state index is -0.991. The van der Waals surface area contributed by atoms with Crippen LogP contribution in [0.15, 0.2) is 48.5 Å². The molecule has 1 aliphatic carbocycles. The zero-order valence-corrected chi connectivity index (χ0v) is 17.9. The summed E-state index contributed by atoms with van der Waals surface area (Å²) < 4.78 is 68.3. The molecule has 3 aromatic rings. The summed E-state index contributed by atoms with van der Waals surface area (Å²) in [5.41, 5.74) is 1.40. The van der Waals surface area contributed by atoms with Gasteiger partial charge in [0.15, 0.2) is 23.2 Å². The van der Waals surface area contributed by atoms with Crippen LogP contribution in [0.1, 0.15) is 48.6 Å². The smallest absolute Gasteiger partial charge is 0.200 e. The second-order valence-corrected chi connectivity index (χ2v) is 8.09. The van der Waals surface area contributed by atoms with E-state index in [0.717, 1.165) is 0 Å². The van der Waals surface area contributed by atoms with Crippen LogP contribution in [0, 0.1) is 23.3 Å². The maximum Gasteiger partial charge on any atom is 0.200 e. The van der Waals surface area contributed by atoms with Gasteiger partial charge in [-0.15, -0.1) is 0 Å². The Balaban J connectivity index is 1.51. The molecule has 0 unspecified atom stereocenters. The summed E-state index contributed by atoms with van der Waals surface area (Å²) in [6.45, 7) is 0. The van der Waals surface area contributed by atoms with Crippen LogP contribution in [0.3, 0.4) is 0 Å². The lowest BCUT2D eigenvalue weighted by Crippen LogP contribution is -2.15. The molecule has 1 saturated carbocycles. The fourth-order valence-electron chi connectivity index (χ4n) is 4.61. The van der Waals surface area contributed by atoms with Crippen molar-refractivity contribution in [2.45, 2.75) is 37.5 Å². The van der Waals surface area contributed by atoms with Gasteiger partial charge in [0.1, 0.15) is 5.75 Å². The van der Waals surface area contributed by atoms with Gasteiger partial charge in [0.25, 0.3) is 0 Å². The first kappa shape index (κ1) is 22.2. The quantitative estimate of drug-likeness (QED) is 0.383. The van der Waals surface area contributed by atoms with Gasteiger partial charge in [0, 0.05) is 5.56 Å². The zero-order valence-electron chi connectivity index (χ0n) is 17.9. The third-order valence-corrected chi connectivity index (χ3v) is 6.42. The topological polar surface area (TPSA) is 18.5 Å². The first-order valence-electron chi connectivity index (χ1n) is 10.6. The highest BCUT2D eigenvalue weighted by Crippen LogP contribution is 2.43. The van der Waals surface area contributed by atoms with E-state index in [1.54, 1.807) is 42.5 Å². The molecule has 3 aromatic carbocycles. The van der Waals surface area contributed by atoms with E-state index in [0.29, 0.717) is 48.1 Å². The molecule has 0 atom stereocenters. The minimum Gasteiger partial charge on any atom is -0.497 e. The highest BCUT2D eigenvalue weighted by molar-refractivity contribution is 5.65. The fourth-order valence-corrected chi connectivity index (χ4v) is 4.61. The molecule has 4 rings (SSSR count). The molecule has 168 valence electrons. The number of halogens is 4. The van der Waals surface area contributed by atoms with Crippen molar-refractivity contribution in [1.82, 2.24) is 0 Å². The predicted molar refractivity (Wildman–Crippen MR) is 115 cm³/mol. The van der Waals surface area contributed by atoms with Gasteiger partial charge in [-0.05, 0) is 72.4 Å². The Morgan fingerprint density at radius 2 is 1.12 bits per heavy atom. The van der Waals surface area contributed by atoms with Crippen molar-refractivity contribution in [3.8, 4) is 22.6 Å². The van der Waals surface area contributed by atoms with Crippen molar-refractivity contribution in [2.75, 3.05) is 14.2 Å². The summed E-state index contributed by atoms with van der Waals surface area (Å²) in [5, 5.41) is 0. The number of hydrogen-bond donors (Lipinski definition) is 0. The number of rotatable bonds is 5. The lowest BCUT2D eigenvalue weighted by Gasteiger charge is -2.30. The highest BCUT2D eigenvalue weighted by Gasteiger charge is 2.29. The molecule has 1 aliphatic rings. The van der Waals surface area contributed by atoms with Crippen LogP contribution in [0.2, 0.25) is 0 Å². The first-order chi connectivity index (χ1) is 15.4. The molecule has 0 aliphatic heterocycles. The summed E-state index contributed by atoms with van der Waals surface area (Å²) in [5.74, 6) is -3.44. The van der Waals surface area contributed by atoms with Gasteiger partial charge in [-0.3, -0.25) is 0 Å². The molecule has 2 nitrogen and oxygen atoms in total. The van der Waals surface area contributed by atoms with Crippen LogP contribution >= 0.6 is 0 Å². The Morgan fingerprint density at radius 1 is 0.594 bits per heavy atom. The average molecular weight is 444 g/mol. The van der Waals surface area contributed by atoms with Crippen LogP contribution in [-0.4, -0.2) is 14.2 Å². The second kappa shape index (κ2) is 9.23. The van der Waals surface area contributed by atoms with Gasteiger partial charge < -0.3 is 9.47 Å². The van der Waals surface area contributed by atoms with Gasteiger partial charge in [-0.1, -0.05) is 30.3 Å².